The molecule has 3 nitrogen and oxygen atoms in total. The molecule has 2 saturated heterocycles. The van der Waals surface area contributed by atoms with Crippen LogP contribution in [0, 0.1) is 5.92 Å². The molecular weight excluding hydrogens is 144 g/mol. The quantitative estimate of drug-likeness (QED) is 0.546. The predicted molar refractivity (Wildman–Crippen MR) is 39.2 cm³/mol. The minimum atomic E-state index is -0.426. The molecule has 2 aliphatic rings. The molecule has 2 heterocycles. The van der Waals surface area contributed by atoms with Crippen LogP contribution in [0.4, 0.5) is 0 Å². The molecule has 11 heavy (non-hydrogen) atoms. The maximum atomic E-state index is 9.54. The van der Waals surface area contributed by atoms with E-state index >= 15 is 0 Å². The average Bonchev–Trinajstić information content (AvgIpc) is 2.43. The first-order valence-corrected chi connectivity index (χ1v) is 4.15. The van der Waals surface area contributed by atoms with Crippen LogP contribution in [0.5, 0.6) is 0 Å². The van der Waals surface area contributed by atoms with Gasteiger partial charge in [0.15, 0.2) is 0 Å². The van der Waals surface area contributed by atoms with E-state index in [2.05, 4.69) is 6.92 Å². The minimum absolute atomic E-state index is 0.0623. The van der Waals surface area contributed by atoms with Crippen molar-refractivity contribution in [3.8, 4) is 0 Å². The van der Waals surface area contributed by atoms with E-state index in [4.69, 9.17) is 9.47 Å². The molecule has 0 radical (unpaired) electrons. The SMILES string of the molecule is C[C@@H]1COC2C1O[C@@H](C)[C@@H]2O. The third kappa shape index (κ3) is 0.991. The average molecular weight is 158 g/mol. The molecule has 0 aromatic heterocycles. The summed E-state index contributed by atoms with van der Waals surface area (Å²) in [6, 6.07) is 0. The number of aliphatic hydroxyl groups excluding tert-OH is 1. The van der Waals surface area contributed by atoms with Gasteiger partial charge >= 0.3 is 0 Å². The van der Waals surface area contributed by atoms with Crippen LogP contribution in [0.2, 0.25) is 0 Å². The summed E-state index contributed by atoms with van der Waals surface area (Å²) in [6.45, 7) is 4.70. The number of rotatable bonds is 0. The van der Waals surface area contributed by atoms with E-state index in [1.807, 2.05) is 6.92 Å². The number of fused-ring (bicyclic) bond motifs is 1. The maximum absolute atomic E-state index is 9.54. The Labute approximate surface area is 66.3 Å². The monoisotopic (exact) mass is 158 g/mol. The first-order valence-electron chi connectivity index (χ1n) is 4.15. The van der Waals surface area contributed by atoms with Crippen molar-refractivity contribution >= 4 is 0 Å². The Bertz CT molecular complexity index is 159. The van der Waals surface area contributed by atoms with Crippen molar-refractivity contribution in [3.05, 3.63) is 0 Å². The summed E-state index contributed by atoms with van der Waals surface area (Å²) in [5.74, 6) is 0.430. The molecule has 0 amide bonds. The third-order valence-corrected chi connectivity index (χ3v) is 2.63. The van der Waals surface area contributed by atoms with Gasteiger partial charge in [-0.25, -0.2) is 0 Å². The van der Waals surface area contributed by atoms with Crippen LogP contribution in [0.15, 0.2) is 0 Å². The van der Waals surface area contributed by atoms with Crippen molar-refractivity contribution in [1.82, 2.24) is 0 Å². The summed E-state index contributed by atoms with van der Waals surface area (Å²) >= 11 is 0. The fourth-order valence-electron chi connectivity index (χ4n) is 1.88. The van der Waals surface area contributed by atoms with Crippen LogP contribution in [-0.4, -0.2) is 36.1 Å². The summed E-state index contributed by atoms with van der Waals surface area (Å²) in [7, 11) is 0. The van der Waals surface area contributed by atoms with Gasteiger partial charge in [0.25, 0.3) is 0 Å². The zero-order chi connectivity index (χ0) is 8.01. The van der Waals surface area contributed by atoms with E-state index in [1.165, 1.54) is 0 Å². The van der Waals surface area contributed by atoms with E-state index in [-0.39, 0.29) is 18.3 Å². The van der Waals surface area contributed by atoms with Crippen LogP contribution in [0.3, 0.4) is 0 Å². The molecule has 2 fully saturated rings. The third-order valence-electron chi connectivity index (χ3n) is 2.63. The zero-order valence-electron chi connectivity index (χ0n) is 6.86. The number of hydrogen-bond donors (Lipinski definition) is 1. The van der Waals surface area contributed by atoms with Gasteiger partial charge in [-0.15, -0.1) is 0 Å². The van der Waals surface area contributed by atoms with Crippen molar-refractivity contribution in [3.63, 3.8) is 0 Å². The highest BCUT2D eigenvalue weighted by molar-refractivity contribution is 4.95. The molecule has 0 spiro atoms. The van der Waals surface area contributed by atoms with Gasteiger partial charge in [0.1, 0.15) is 12.2 Å². The molecule has 5 atom stereocenters. The molecule has 0 aromatic rings. The largest absolute Gasteiger partial charge is 0.388 e. The van der Waals surface area contributed by atoms with Gasteiger partial charge in [0, 0.05) is 5.92 Å². The molecule has 2 unspecified atom stereocenters. The zero-order valence-corrected chi connectivity index (χ0v) is 6.86. The van der Waals surface area contributed by atoms with Gasteiger partial charge < -0.3 is 14.6 Å². The molecule has 0 aromatic carbocycles. The highest BCUT2D eigenvalue weighted by Crippen LogP contribution is 2.33. The van der Waals surface area contributed by atoms with E-state index in [1.54, 1.807) is 0 Å². The summed E-state index contributed by atoms with van der Waals surface area (Å²) < 4.78 is 10.9. The Hall–Kier alpha value is -0.120. The molecular formula is C8H14O3. The Kier molecular flexibility index (Phi) is 1.67. The van der Waals surface area contributed by atoms with Gasteiger partial charge in [-0.05, 0) is 6.92 Å². The van der Waals surface area contributed by atoms with Gasteiger partial charge in [0.05, 0.1) is 18.8 Å². The van der Waals surface area contributed by atoms with Gasteiger partial charge in [-0.1, -0.05) is 6.92 Å². The number of ether oxygens (including phenoxy) is 2. The van der Waals surface area contributed by atoms with Crippen LogP contribution < -0.4 is 0 Å². The lowest BCUT2D eigenvalue weighted by Crippen LogP contribution is -2.30. The Morgan fingerprint density at radius 3 is 2.64 bits per heavy atom. The summed E-state index contributed by atoms with van der Waals surface area (Å²) in [5, 5.41) is 9.54. The second-order valence-corrected chi connectivity index (χ2v) is 3.57. The molecule has 64 valence electrons. The van der Waals surface area contributed by atoms with Crippen LogP contribution in [0.1, 0.15) is 13.8 Å². The lowest BCUT2D eigenvalue weighted by atomic mass is 10.0. The summed E-state index contributed by atoms with van der Waals surface area (Å²) in [5.41, 5.74) is 0. The molecule has 0 saturated carbocycles. The van der Waals surface area contributed by atoms with Gasteiger partial charge in [-0.2, -0.15) is 0 Å². The summed E-state index contributed by atoms with van der Waals surface area (Å²) in [6.07, 6.45) is -0.433. The van der Waals surface area contributed by atoms with E-state index in [9.17, 15) is 5.11 Å². The van der Waals surface area contributed by atoms with Gasteiger partial charge in [-0.3, -0.25) is 0 Å². The van der Waals surface area contributed by atoms with E-state index < -0.39 is 6.10 Å². The van der Waals surface area contributed by atoms with Crippen LogP contribution >= 0.6 is 0 Å². The molecule has 0 aliphatic carbocycles. The van der Waals surface area contributed by atoms with Crippen LogP contribution in [-0.2, 0) is 9.47 Å². The lowest BCUT2D eigenvalue weighted by Gasteiger charge is -2.11. The predicted octanol–water partition coefficient (Wildman–Crippen LogP) is 0.170. The Balaban J connectivity index is 2.12. The van der Waals surface area contributed by atoms with Gasteiger partial charge in [0.2, 0.25) is 0 Å². The second-order valence-electron chi connectivity index (χ2n) is 3.57. The number of aliphatic hydroxyl groups is 1. The summed E-state index contributed by atoms with van der Waals surface area (Å²) in [4.78, 5) is 0. The lowest BCUT2D eigenvalue weighted by molar-refractivity contribution is -0.0115. The Morgan fingerprint density at radius 2 is 2.00 bits per heavy atom. The highest BCUT2D eigenvalue weighted by Gasteiger charge is 2.48. The normalized spacial score (nSPS) is 56.5. The second kappa shape index (κ2) is 2.44. The minimum Gasteiger partial charge on any atom is -0.388 e. The molecule has 2 aliphatic heterocycles. The molecule has 1 N–H and O–H groups in total. The highest BCUT2D eigenvalue weighted by atomic mass is 16.6. The standard InChI is InChI=1S/C8H14O3/c1-4-3-10-8-6(9)5(2)11-7(4)8/h4-9H,3H2,1-2H3/t4-,5+,6+,7?,8?/m1/s1. The van der Waals surface area contributed by atoms with Crippen LogP contribution in [0.25, 0.3) is 0 Å². The van der Waals surface area contributed by atoms with Crippen molar-refractivity contribution in [1.29, 1.82) is 0 Å². The van der Waals surface area contributed by atoms with E-state index in [0.717, 1.165) is 6.61 Å². The van der Waals surface area contributed by atoms with Crippen molar-refractivity contribution in [2.24, 2.45) is 5.92 Å². The van der Waals surface area contributed by atoms with Crippen molar-refractivity contribution in [2.45, 2.75) is 38.3 Å². The first kappa shape index (κ1) is 7.53. The number of hydrogen-bond acceptors (Lipinski definition) is 3. The Morgan fingerprint density at radius 1 is 1.27 bits per heavy atom. The maximum Gasteiger partial charge on any atom is 0.112 e. The van der Waals surface area contributed by atoms with Crippen molar-refractivity contribution < 1.29 is 14.6 Å². The fraction of sp³-hybridized carbons (Fsp3) is 1.00. The fourth-order valence-corrected chi connectivity index (χ4v) is 1.88. The molecule has 2 rings (SSSR count). The van der Waals surface area contributed by atoms with E-state index in [0.29, 0.717) is 5.92 Å². The molecule has 0 bridgehead atoms. The molecule has 3 heteroatoms. The first-order chi connectivity index (χ1) is 5.20. The van der Waals surface area contributed by atoms with Crippen molar-refractivity contribution in [2.75, 3.05) is 6.61 Å². The smallest absolute Gasteiger partial charge is 0.112 e. The topological polar surface area (TPSA) is 38.7 Å².